The molecule has 1 amide bonds. The summed E-state index contributed by atoms with van der Waals surface area (Å²) in [5, 5.41) is 19.6. The first-order valence-electron chi connectivity index (χ1n) is 10.3. The molecule has 2 atom stereocenters. The average Bonchev–Trinajstić information content (AvgIpc) is 2.71. The summed E-state index contributed by atoms with van der Waals surface area (Å²) in [7, 11) is -10.5. The Morgan fingerprint density at radius 3 is 1.77 bits per heavy atom. The average molecular weight is 549 g/mol. The van der Waals surface area contributed by atoms with Crippen LogP contribution in [0.25, 0.3) is 0 Å². The van der Waals surface area contributed by atoms with Crippen LogP contribution in [0.3, 0.4) is 0 Å². The van der Waals surface area contributed by atoms with Gasteiger partial charge in [-0.25, -0.2) is 0 Å². The summed E-state index contributed by atoms with van der Waals surface area (Å²) >= 11 is 0. The van der Waals surface area contributed by atoms with Gasteiger partial charge in [0, 0.05) is 0 Å². The molecule has 14 heteroatoms. The van der Waals surface area contributed by atoms with Gasteiger partial charge in [0.2, 0.25) is 5.91 Å². The first-order chi connectivity index (χ1) is 15.3. The largest absolute Gasteiger partial charge is 1.00 e. The number of hydrogen-bond acceptors (Lipinski definition) is 5. The molecule has 0 saturated heterocycles. The minimum Gasteiger partial charge on any atom is -1.00 e. The van der Waals surface area contributed by atoms with Crippen molar-refractivity contribution in [2.45, 2.75) is 50.3 Å². The number of carbonyl (C=O) groups excluding carboxylic acids is 1. The molecule has 0 spiro atoms. The molecule has 0 heterocycles. The summed E-state index contributed by atoms with van der Waals surface area (Å²) in [4.78, 5) is 49.2. The third kappa shape index (κ3) is 9.89. The smallest absolute Gasteiger partial charge is 1.00 e. The van der Waals surface area contributed by atoms with Crippen LogP contribution in [0.1, 0.15) is 58.9 Å². The molecule has 0 aliphatic heterocycles. The topological polar surface area (TPSA) is 185 Å². The van der Waals surface area contributed by atoms with Crippen LogP contribution in [0.2, 0.25) is 0 Å². The maximum absolute atomic E-state index is 12.3. The fraction of sp³-hybridized carbons (Fsp3) is 0.381. The van der Waals surface area contributed by atoms with Gasteiger partial charge in [0.05, 0.1) is 12.1 Å². The number of hydrogen-bond donors (Lipinski definition) is 7. The summed E-state index contributed by atoms with van der Waals surface area (Å²) in [6, 6.07) is 11.5. The van der Waals surface area contributed by atoms with E-state index in [0.29, 0.717) is 0 Å². The number of carbonyl (C=O) groups is 1. The van der Waals surface area contributed by atoms with Gasteiger partial charge in [-0.2, -0.15) is 0 Å². The predicted molar refractivity (Wildman–Crippen MR) is 126 cm³/mol. The minimum absolute atomic E-state index is 0. The second-order valence-electron chi connectivity index (χ2n) is 7.81. The molecular formula is C21H31NNa2O9P2. The Labute approximate surface area is 251 Å². The van der Waals surface area contributed by atoms with E-state index in [4.69, 9.17) is 0 Å². The Morgan fingerprint density at radius 1 is 0.857 bits per heavy atom. The van der Waals surface area contributed by atoms with Gasteiger partial charge in [-0.3, -0.25) is 13.9 Å². The second-order valence-corrected chi connectivity index (χ2v) is 11.8. The summed E-state index contributed by atoms with van der Waals surface area (Å²) in [5.41, 5.74) is 1.76. The molecule has 0 fully saturated rings. The molecule has 7 N–H and O–H groups in total. The van der Waals surface area contributed by atoms with E-state index in [9.17, 15) is 43.7 Å². The molecule has 2 unspecified atom stereocenters. The van der Waals surface area contributed by atoms with Gasteiger partial charge >= 0.3 is 74.3 Å². The van der Waals surface area contributed by atoms with E-state index in [-0.39, 0.29) is 91.0 Å². The number of phenolic OH excluding ortho intramolecular Hbond substituents is 2. The van der Waals surface area contributed by atoms with Crippen LogP contribution in [0.4, 0.5) is 5.69 Å². The Balaban J connectivity index is -0.00000289. The quantitative estimate of drug-likeness (QED) is 0.100. The Hall–Kier alpha value is -0.190. The first-order valence-corrected chi connectivity index (χ1v) is 13.7. The monoisotopic (exact) mass is 549 g/mol. The molecule has 35 heavy (non-hydrogen) atoms. The number of rotatable bonds is 10. The number of benzene rings is 2. The zero-order chi connectivity index (χ0) is 25.0. The summed E-state index contributed by atoms with van der Waals surface area (Å²) in [6.45, 7) is 4.01. The molecule has 0 saturated carbocycles. The van der Waals surface area contributed by atoms with Crippen molar-refractivity contribution in [3.63, 3.8) is 0 Å². The molecule has 2 rings (SSSR count). The molecule has 2 aromatic rings. The normalized spacial score (nSPS) is 13.3. The van der Waals surface area contributed by atoms with E-state index in [1.807, 2.05) is 26.0 Å². The van der Waals surface area contributed by atoms with Crippen LogP contribution >= 0.6 is 15.2 Å². The van der Waals surface area contributed by atoms with Crippen molar-refractivity contribution in [1.82, 2.24) is 0 Å². The van der Waals surface area contributed by atoms with Gasteiger partial charge in [-0.1, -0.05) is 32.0 Å². The van der Waals surface area contributed by atoms with Gasteiger partial charge in [-0.15, -0.1) is 0 Å². The van der Waals surface area contributed by atoms with Crippen molar-refractivity contribution >= 4 is 26.8 Å². The van der Waals surface area contributed by atoms with Gasteiger partial charge in [0.15, 0.2) is 5.40 Å². The van der Waals surface area contributed by atoms with Crippen LogP contribution in [-0.2, 0) is 13.9 Å². The van der Waals surface area contributed by atoms with Crippen LogP contribution in [0.15, 0.2) is 42.5 Å². The van der Waals surface area contributed by atoms with Crippen molar-refractivity contribution in [1.29, 1.82) is 0 Å². The van der Waals surface area contributed by atoms with Crippen molar-refractivity contribution in [2.24, 2.45) is 0 Å². The zero-order valence-corrected chi connectivity index (χ0v) is 26.0. The Kier molecular flexibility index (Phi) is 14.6. The molecule has 186 valence electrons. The van der Waals surface area contributed by atoms with E-state index in [1.54, 1.807) is 18.2 Å². The molecule has 0 aliphatic carbocycles. The fourth-order valence-electron chi connectivity index (χ4n) is 3.91. The molecule has 2 aromatic carbocycles. The van der Waals surface area contributed by atoms with Crippen molar-refractivity contribution in [3.8, 4) is 11.5 Å². The number of nitrogens with one attached hydrogen (secondary N) is 1. The van der Waals surface area contributed by atoms with Crippen molar-refractivity contribution < 1.29 is 106 Å². The van der Waals surface area contributed by atoms with E-state index >= 15 is 0 Å². The molecule has 10 nitrogen and oxygen atoms in total. The van der Waals surface area contributed by atoms with Gasteiger partial charge in [-0.05, 0) is 60.1 Å². The maximum atomic E-state index is 12.3. The van der Waals surface area contributed by atoms with E-state index in [0.717, 1.165) is 24.0 Å². The van der Waals surface area contributed by atoms with Crippen molar-refractivity contribution in [3.05, 3.63) is 53.6 Å². The number of anilines is 1. The third-order valence-electron chi connectivity index (χ3n) is 5.55. The summed E-state index contributed by atoms with van der Waals surface area (Å²) in [5.74, 6) is -1.16. The molecule has 0 radical (unpaired) electrons. The predicted octanol–water partition coefficient (Wildman–Crippen LogP) is -1.97. The van der Waals surface area contributed by atoms with E-state index < -0.39 is 32.9 Å². The second kappa shape index (κ2) is 14.7. The molecular weight excluding hydrogens is 518 g/mol. The minimum atomic E-state index is -5.26. The Morgan fingerprint density at radius 2 is 1.31 bits per heavy atom. The van der Waals surface area contributed by atoms with Gasteiger partial charge in [0.1, 0.15) is 11.5 Å². The van der Waals surface area contributed by atoms with Gasteiger partial charge < -0.3 is 38.0 Å². The Bertz CT molecular complexity index is 1060. The molecule has 0 bridgehead atoms. The van der Waals surface area contributed by atoms with Crippen LogP contribution in [0, 0.1) is 0 Å². The standard InChI is InChI=1S/C21H29NO9P2.2Na.2H/c1-3-16(13-5-8-15(23)9-6-13)17(4-2)14-7-10-19(24)18(11-14)22-20(25)12-21(32(26,27)28)33(29,30)31;;;;/h5-11,16-17,21,23-24H,3-4,12H2,1-2H3,(H,22,25)(H2,26,27,28)(H2,29,30,31);;;;/q;2*+1;2*-1. The molecule has 0 aliphatic rings. The zero-order valence-electron chi connectivity index (χ0n) is 22.2. The molecule has 0 aromatic heterocycles. The van der Waals surface area contributed by atoms with E-state index in [1.165, 1.54) is 12.1 Å². The van der Waals surface area contributed by atoms with E-state index in [2.05, 4.69) is 5.32 Å². The third-order valence-corrected chi connectivity index (χ3v) is 9.28. The van der Waals surface area contributed by atoms with Crippen LogP contribution in [-0.4, -0.2) is 41.1 Å². The van der Waals surface area contributed by atoms with Crippen molar-refractivity contribution in [2.75, 3.05) is 5.32 Å². The SMILES string of the molecule is CCC(c1ccc(O)cc1)C(CC)c1ccc(O)c(NC(=O)CC(P(=O)(O)O)P(=O)(O)O)c1.[H-].[H-].[Na+].[Na+]. The first kappa shape index (κ1) is 34.8. The fourth-order valence-corrected chi connectivity index (χ4v) is 6.29. The van der Waals surface area contributed by atoms with Crippen LogP contribution in [0.5, 0.6) is 11.5 Å². The maximum Gasteiger partial charge on any atom is 1.00 e. The van der Waals surface area contributed by atoms with Crippen LogP contribution < -0.4 is 64.4 Å². The summed E-state index contributed by atoms with van der Waals surface area (Å²) < 4.78 is 22.9. The number of aromatic hydroxyl groups is 2. The summed E-state index contributed by atoms with van der Waals surface area (Å²) in [6.07, 6.45) is 0.370. The van der Waals surface area contributed by atoms with Gasteiger partial charge in [0.25, 0.3) is 0 Å². The number of phenols is 2. The number of amides is 1.